The number of nitrogens with one attached hydrogen (secondary N) is 1. The van der Waals surface area contributed by atoms with Gasteiger partial charge in [-0.1, -0.05) is 20.3 Å². The highest BCUT2D eigenvalue weighted by Crippen LogP contribution is 2.38. The molecule has 0 spiro atoms. The first-order chi connectivity index (χ1) is 9.97. The zero-order valence-corrected chi connectivity index (χ0v) is 13.0. The maximum atomic E-state index is 12.7. The second-order valence-electron chi connectivity index (χ2n) is 6.73. The Morgan fingerprint density at radius 3 is 2.43 bits per heavy atom. The Hall–Kier alpha value is -1.65. The van der Waals surface area contributed by atoms with Gasteiger partial charge in [0.25, 0.3) is 11.5 Å². The van der Waals surface area contributed by atoms with E-state index in [-0.39, 0.29) is 22.9 Å². The van der Waals surface area contributed by atoms with Gasteiger partial charge in [-0.05, 0) is 31.6 Å². The second kappa shape index (κ2) is 5.28. The SMILES string of the molecule is Cc1nc(C(C)C)[nH]c(=O)c1C(=O)N1C[C@H]2CCC[C@H]2C1. The molecule has 1 aromatic heterocycles. The smallest absolute Gasteiger partial charge is 0.264 e. The summed E-state index contributed by atoms with van der Waals surface area (Å²) in [4.78, 5) is 33.9. The van der Waals surface area contributed by atoms with Crippen molar-refractivity contribution in [1.29, 1.82) is 0 Å². The molecular weight excluding hydrogens is 266 g/mol. The first-order valence-corrected chi connectivity index (χ1v) is 7.87. The summed E-state index contributed by atoms with van der Waals surface area (Å²) in [6, 6.07) is 0. The molecule has 1 saturated heterocycles. The van der Waals surface area contributed by atoms with Gasteiger partial charge in [-0.3, -0.25) is 9.59 Å². The Kier molecular flexibility index (Phi) is 3.59. The van der Waals surface area contributed by atoms with Crippen molar-refractivity contribution in [3.05, 3.63) is 27.4 Å². The van der Waals surface area contributed by atoms with E-state index in [9.17, 15) is 9.59 Å². The average Bonchev–Trinajstić information content (AvgIpc) is 2.97. The topological polar surface area (TPSA) is 66.1 Å². The van der Waals surface area contributed by atoms with Gasteiger partial charge >= 0.3 is 0 Å². The van der Waals surface area contributed by atoms with E-state index in [0.717, 1.165) is 13.1 Å². The molecule has 5 nitrogen and oxygen atoms in total. The van der Waals surface area contributed by atoms with Gasteiger partial charge in [0.1, 0.15) is 11.4 Å². The van der Waals surface area contributed by atoms with Crippen molar-refractivity contribution in [2.75, 3.05) is 13.1 Å². The van der Waals surface area contributed by atoms with E-state index < -0.39 is 0 Å². The maximum absolute atomic E-state index is 12.7. The number of rotatable bonds is 2. The number of aromatic nitrogens is 2. The van der Waals surface area contributed by atoms with Crippen LogP contribution in [0, 0.1) is 18.8 Å². The van der Waals surface area contributed by atoms with Crippen LogP contribution in [0.2, 0.25) is 0 Å². The van der Waals surface area contributed by atoms with Gasteiger partial charge in [-0.25, -0.2) is 4.98 Å². The van der Waals surface area contributed by atoms with Crippen molar-refractivity contribution in [2.24, 2.45) is 11.8 Å². The summed E-state index contributed by atoms with van der Waals surface area (Å²) < 4.78 is 0. The standard InChI is InChI=1S/C16H23N3O2/c1-9(2)14-17-10(3)13(15(20)18-14)16(21)19-7-11-5-4-6-12(11)8-19/h9,11-12H,4-8H2,1-3H3,(H,17,18,20)/t11-,12+. The van der Waals surface area contributed by atoms with Crippen LogP contribution < -0.4 is 5.56 Å². The quantitative estimate of drug-likeness (QED) is 0.906. The van der Waals surface area contributed by atoms with Gasteiger partial charge in [-0.15, -0.1) is 0 Å². The number of aromatic amines is 1. The number of H-pyrrole nitrogens is 1. The fourth-order valence-electron chi connectivity index (χ4n) is 3.69. The van der Waals surface area contributed by atoms with Crippen LogP contribution in [0.4, 0.5) is 0 Å². The van der Waals surface area contributed by atoms with Crippen LogP contribution >= 0.6 is 0 Å². The minimum atomic E-state index is -0.298. The molecule has 3 rings (SSSR count). The van der Waals surface area contributed by atoms with E-state index in [1.807, 2.05) is 18.7 Å². The Balaban J connectivity index is 1.87. The molecule has 5 heteroatoms. The van der Waals surface area contributed by atoms with E-state index in [2.05, 4.69) is 9.97 Å². The van der Waals surface area contributed by atoms with Gasteiger partial charge in [0.05, 0.1) is 5.69 Å². The Bertz CT molecular complexity index is 608. The number of amides is 1. The lowest BCUT2D eigenvalue weighted by molar-refractivity contribution is 0.0777. The highest BCUT2D eigenvalue weighted by molar-refractivity contribution is 5.95. The number of likely N-dealkylation sites (tertiary alicyclic amines) is 1. The van der Waals surface area contributed by atoms with Crippen molar-refractivity contribution in [3.63, 3.8) is 0 Å². The van der Waals surface area contributed by atoms with Crippen LogP contribution in [0.1, 0.15) is 60.9 Å². The number of aryl methyl sites for hydroxylation is 1. The molecule has 2 aliphatic rings. The van der Waals surface area contributed by atoms with Crippen LogP contribution in [0.5, 0.6) is 0 Å². The zero-order chi connectivity index (χ0) is 15.1. The third-order valence-corrected chi connectivity index (χ3v) is 4.89. The lowest BCUT2D eigenvalue weighted by Gasteiger charge is -2.18. The fourth-order valence-corrected chi connectivity index (χ4v) is 3.69. The molecule has 2 atom stereocenters. The lowest BCUT2D eigenvalue weighted by Crippen LogP contribution is -2.35. The molecule has 0 unspecified atom stereocenters. The minimum Gasteiger partial charge on any atom is -0.338 e. The normalized spacial score (nSPS) is 24.7. The van der Waals surface area contributed by atoms with E-state index in [0.29, 0.717) is 23.4 Å². The zero-order valence-electron chi connectivity index (χ0n) is 13.0. The van der Waals surface area contributed by atoms with Crippen LogP contribution in [0.3, 0.4) is 0 Å². The molecule has 1 aliphatic carbocycles. The van der Waals surface area contributed by atoms with Crippen LogP contribution in [0.25, 0.3) is 0 Å². The summed E-state index contributed by atoms with van der Waals surface area (Å²) in [5.41, 5.74) is 0.470. The van der Waals surface area contributed by atoms with Crippen LogP contribution in [0.15, 0.2) is 4.79 Å². The van der Waals surface area contributed by atoms with Gasteiger partial charge in [0.2, 0.25) is 0 Å². The number of carbonyl (C=O) groups is 1. The molecule has 114 valence electrons. The summed E-state index contributed by atoms with van der Waals surface area (Å²) >= 11 is 0. The Labute approximate surface area is 124 Å². The molecular formula is C16H23N3O2. The second-order valence-corrected chi connectivity index (χ2v) is 6.73. The highest BCUT2D eigenvalue weighted by atomic mass is 16.2. The highest BCUT2D eigenvalue weighted by Gasteiger charge is 2.39. The summed E-state index contributed by atoms with van der Waals surface area (Å²) in [6.07, 6.45) is 3.71. The number of fused-ring (bicyclic) bond motifs is 1. The van der Waals surface area contributed by atoms with E-state index >= 15 is 0 Å². The van der Waals surface area contributed by atoms with Crippen LogP contribution in [-0.2, 0) is 0 Å². The van der Waals surface area contributed by atoms with Gasteiger partial charge in [0.15, 0.2) is 0 Å². The Morgan fingerprint density at radius 1 is 1.29 bits per heavy atom. The van der Waals surface area contributed by atoms with Gasteiger partial charge in [0, 0.05) is 19.0 Å². The van der Waals surface area contributed by atoms with E-state index in [1.54, 1.807) is 6.92 Å². The molecule has 0 bridgehead atoms. The monoisotopic (exact) mass is 289 g/mol. The van der Waals surface area contributed by atoms with Crippen molar-refractivity contribution < 1.29 is 4.79 Å². The summed E-state index contributed by atoms with van der Waals surface area (Å²) in [6.45, 7) is 7.30. The maximum Gasteiger partial charge on any atom is 0.264 e. The Morgan fingerprint density at radius 2 is 1.90 bits per heavy atom. The first-order valence-electron chi connectivity index (χ1n) is 7.87. The molecule has 1 aromatic rings. The largest absolute Gasteiger partial charge is 0.338 e. The summed E-state index contributed by atoms with van der Waals surface area (Å²) in [5, 5.41) is 0. The predicted octanol–water partition coefficient (Wildman–Crippen LogP) is 2.07. The van der Waals surface area contributed by atoms with Crippen molar-refractivity contribution in [1.82, 2.24) is 14.9 Å². The van der Waals surface area contributed by atoms with E-state index in [4.69, 9.17) is 0 Å². The third kappa shape index (κ3) is 2.49. The molecule has 21 heavy (non-hydrogen) atoms. The summed E-state index contributed by atoms with van der Waals surface area (Å²) in [7, 11) is 0. The number of carbonyl (C=O) groups excluding carboxylic acids is 1. The molecule has 0 aromatic carbocycles. The van der Waals surface area contributed by atoms with Crippen molar-refractivity contribution >= 4 is 5.91 Å². The molecule has 1 N–H and O–H groups in total. The molecule has 0 radical (unpaired) electrons. The molecule has 2 fully saturated rings. The lowest BCUT2D eigenvalue weighted by atomic mass is 10.0. The van der Waals surface area contributed by atoms with Gasteiger partial charge in [-0.2, -0.15) is 0 Å². The van der Waals surface area contributed by atoms with Crippen molar-refractivity contribution in [2.45, 2.75) is 46.0 Å². The number of hydrogen-bond donors (Lipinski definition) is 1. The molecule has 1 amide bonds. The molecule has 1 saturated carbocycles. The van der Waals surface area contributed by atoms with E-state index in [1.165, 1.54) is 19.3 Å². The third-order valence-electron chi connectivity index (χ3n) is 4.89. The van der Waals surface area contributed by atoms with Gasteiger partial charge < -0.3 is 9.88 Å². The fraction of sp³-hybridized carbons (Fsp3) is 0.688. The number of nitrogens with zero attached hydrogens (tertiary/aromatic N) is 2. The van der Waals surface area contributed by atoms with Crippen LogP contribution in [-0.4, -0.2) is 33.9 Å². The molecule has 2 heterocycles. The number of hydrogen-bond acceptors (Lipinski definition) is 3. The average molecular weight is 289 g/mol. The summed E-state index contributed by atoms with van der Waals surface area (Å²) in [5.74, 6) is 1.91. The molecule has 1 aliphatic heterocycles. The first kappa shape index (κ1) is 14.3. The van der Waals surface area contributed by atoms with Crippen molar-refractivity contribution in [3.8, 4) is 0 Å². The predicted molar refractivity (Wildman–Crippen MR) is 80.4 cm³/mol. The minimum absolute atomic E-state index is 0.145.